The fraction of sp³-hybridized carbons (Fsp3) is 0.0769. The molecule has 0 radical (unpaired) electrons. The average Bonchev–Trinajstić information content (AvgIpc) is 2.30. The van der Waals surface area contributed by atoms with Gasteiger partial charge in [0.1, 0.15) is 11.6 Å². The van der Waals surface area contributed by atoms with Gasteiger partial charge in [-0.2, -0.15) is 0 Å². The highest BCUT2D eigenvalue weighted by atomic mass is 79.9. The van der Waals surface area contributed by atoms with Crippen LogP contribution >= 0.6 is 15.9 Å². The van der Waals surface area contributed by atoms with Crippen LogP contribution in [0, 0.1) is 12.7 Å². The van der Waals surface area contributed by atoms with Gasteiger partial charge in [-0.15, -0.1) is 0 Å². The number of halogens is 2. The SMILES string of the molecule is Cc1cccc(Oc2ccc(Br)c(F)c2)c1N. The predicted molar refractivity (Wildman–Crippen MR) is 69.8 cm³/mol. The molecule has 0 saturated carbocycles. The van der Waals surface area contributed by atoms with E-state index in [0.29, 0.717) is 21.7 Å². The van der Waals surface area contributed by atoms with Crippen molar-refractivity contribution < 1.29 is 9.13 Å². The zero-order valence-corrected chi connectivity index (χ0v) is 10.8. The second-order valence-corrected chi connectivity index (χ2v) is 4.52. The molecule has 17 heavy (non-hydrogen) atoms. The predicted octanol–water partition coefficient (Wildman–Crippen LogP) is 4.27. The van der Waals surface area contributed by atoms with Gasteiger partial charge in [-0.1, -0.05) is 12.1 Å². The summed E-state index contributed by atoms with van der Waals surface area (Å²) in [6, 6.07) is 10.1. The van der Waals surface area contributed by atoms with Gasteiger partial charge in [0.25, 0.3) is 0 Å². The lowest BCUT2D eigenvalue weighted by atomic mass is 10.2. The molecule has 0 aliphatic carbocycles. The summed E-state index contributed by atoms with van der Waals surface area (Å²) < 4.78 is 19.2. The molecule has 88 valence electrons. The lowest BCUT2D eigenvalue weighted by Crippen LogP contribution is -1.94. The molecule has 0 aliphatic heterocycles. The molecule has 4 heteroatoms. The smallest absolute Gasteiger partial charge is 0.150 e. The maximum Gasteiger partial charge on any atom is 0.150 e. The molecule has 2 aromatic carbocycles. The number of para-hydroxylation sites is 1. The molecule has 2 rings (SSSR count). The van der Waals surface area contributed by atoms with E-state index in [1.54, 1.807) is 18.2 Å². The first-order chi connectivity index (χ1) is 8.08. The third-order valence-corrected chi connectivity index (χ3v) is 3.05. The molecule has 0 saturated heterocycles. The maximum absolute atomic E-state index is 13.3. The highest BCUT2D eigenvalue weighted by Gasteiger charge is 2.06. The lowest BCUT2D eigenvalue weighted by molar-refractivity contribution is 0.478. The van der Waals surface area contributed by atoms with Crippen LogP contribution in [0.4, 0.5) is 10.1 Å². The molecule has 0 unspecified atom stereocenters. The average molecular weight is 296 g/mol. The molecule has 0 atom stereocenters. The number of hydrogen-bond donors (Lipinski definition) is 1. The van der Waals surface area contributed by atoms with E-state index < -0.39 is 0 Å². The van der Waals surface area contributed by atoms with E-state index in [1.165, 1.54) is 6.07 Å². The number of anilines is 1. The molecule has 2 nitrogen and oxygen atoms in total. The van der Waals surface area contributed by atoms with Crippen molar-refractivity contribution in [1.29, 1.82) is 0 Å². The van der Waals surface area contributed by atoms with Gasteiger partial charge in [-0.05, 0) is 46.6 Å². The van der Waals surface area contributed by atoms with Gasteiger partial charge in [0.15, 0.2) is 5.75 Å². The first-order valence-corrected chi connectivity index (χ1v) is 5.85. The third-order valence-electron chi connectivity index (χ3n) is 2.40. The van der Waals surface area contributed by atoms with Gasteiger partial charge in [0.2, 0.25) is 0 Å². The highest BCUT2D eigenvalue weighted by Crippen LogP contribution is 2.31. The van der Waals surface area contributed by atoms with Gasteiger partial charge in [-0.3, -0.25) is 0 Å². The molecule has 2 N–H and O–H groups in total. The van der Waals surface area contributed by atoms with Crippen molar-refractivity contribution in [2.75, 3.05) is 5.73 Å². The number of hydrogen-bond acceptors (Lipinski definition) is 2. The number of aryl methyl sites for hydroxylation is 1. The summed E-state index contributed by atoms with van der Waals surface area (Å²) in [6.07, 6.45) is 0. The van der Waals surface area contributed by atoms with Crippen molar-refractivity contribution >= 4 is 21.6 Å². The van der Waals surface area contributed by atoms with E-state index in [0.717, 1.165) is 5.56 Å². The Morgan fingerprint density at radius 2 is 2.00 bits per heavy atom. The van der Waals surface area contributed by atoms with E-state index in [2.05, 4.69) is 15.9 Å². The van der Waals surface area contributed by atoms with Crippen molar-refractivity contribution in [3.05, 3.63) is 52.3 Å². The topological polar surface area (TPSA) is 35.2 Å². The van der Waals surface area contributed by atoms with E-state index in [4.69, 9.17) is 10.5 Å². The summed E-state index contributed by atoms with van der Waals surface area (Å²) in [5.41, 5.74) is 7.37. The van der Waals surface area contributed by atoms with Gasteiger partial charge >= 0.3 is 0 Å². The molecular formula is C13H11BrFNO. The van der Waals surface area contributed by atoms with Gasteiger partial charge in [0, 0.05) is 6.07 Å². The maximum atomic E-state index is 13.3. The normalized spacial score (nSPS) is 10.3. The van der Waals surface area contributed by atoms with Crippen molar-refractivity contribution in [1.82, 2.24) is 0 Å². The minimum atomic E-state index is -0.367. The summed E-state index contributed by atoms with van der Waals surface area (Å²) in [4.78, 5) is 0. The molecule has 0 amide bonds. The van der Waals surface area contributed by atoms with Gasteiger partial charge in [0.05, 0.1) is 10.2 Å². The van der Waals surface area contributed by atoms with Crippen LogP contribution in [-0.2, 0) is 0 Å². The van der Waals surface area contributed by atoms with Gasteiger partial charge in [-0.25, -0.2) is 4.39 Å². The monoisotopic (exact) mass is 295 g/mol. The van der Waals surface area contributed by atoms with Crippen molar-refractivity contribution in [2.24, 2.45) is 0 Å². The Kier molecular flexibility index (Phi) is 3.33. The van der Waals surface area contributed by atoms with E-state index in [1.807, 2.05) is 19.1 Å². The summed E-state index contributed by atoms with van der Waals surface area (Å²) >= 11 is 3.09. The zero-order chi connectivity index (χ0) is 12.4. The molecule has 0 aromatic heterocycles. The quantitative estimate of drug-likeness (QED) is 0.840. The Morgan fingerprint density at radius 3 is 2.71 bits per heavy atom. The molecule has 0 heterocycles. The summed E-state index contributed by atoms with van der Waals surface area (Å²) in [6.45, 7) is 1.89. The number of nitrogen functional groups attached to an aromatic ring is 1. The minimum absolute atomic E-state index is 0.367. The van der Waals surface area contributed by atoms with Crippen molar-refractivity contribution in [3.63, 3.8) is 0 Å². The van der Waals surface area contributed by atoms with Crippen molar-refractivity contribution in [3.8, 4) is 11.5 Å². The first kappa shape index (κ1) is 11.9. The Hall–Kier alpha value is -1.55. The van der Waals surface area contributed by atoms with E-state index in [-0.39, 0.29) is 5.82 Å². The molecule has 2 aromatic rings. The van der Waals surface area contributed by atoms with Crippen LogP contribution < -0.4 is 10.5 Å². The van der Waals surface area contributed by atoms with Crippen molar-refractivity contribution in [2.45, 2.75) is 6.92 Å². The number of rotatable bonds is 2. The highest BCUT2D eigenvalue weighted by molar-refractivity contribution is 9.10. The second-order valence-electron chi connectivity index (χ2n) is 3.66. The first-order valence-electron chi connectivity index (χ1n) is 5.06. The Labute approximate surface area is 107 Å². The molecule has 0 spiro atoms. The van der Waals surface area contributed by atoms with E-state index in [9.17, 15) is 4.39 Å². The third kappa shape index (κ3) is 2.58. The van der Waals surface area contributed by atoms with Crippen LogP contribution in [0.5, 0.6) is 11.5 Å². The summed E-state index contributed by atoms with van der Waals surface area (Å²) in [7, 11) is 0. The fourth-order valence-electron chi connectivity index (χ4n) is 1.41. The molecule has 0 aliphatic rings. The number of nitrogens with two attached hydrogens (primary N) is 1. The minimum Gasteiger partial charge on any atom is -0.455 e. The Morgan fingerprint density at radius 1 is 1.24 bits per heavy atom. The fourth-order valence-corrected chi connectivity index (χ4v) is 1.66. The lowest BCUT2D eigenvalue weighted by Gasteiger charge is -2.10. The number of benzene rings is 2. The Balaban J connectivity index is 2.31. The second kappa shape index (κ2) is 4.75. The van der Waals surface area contributed by atoms with Crippen LogP contribution in [0.1, 0.15) is 5.56 Å². The molecule has 0 bridgehead atoms. The summed E-state index contributed by atoms with van der Waals surface area (Å²) in [5, 5.41) is 0. The van der Waals surface area contributed by atoms with Crippen LogP contribution in [-0.4, -0.2) is 0 Å². The molecule has 0 fully saturated rings. The van der Waals surface area contributed by atoms with E-state index >= 15 is 0 Å². The number of ether oxygens (including phenoxy) is 1. The standard InChI is InChI=1S/C13H11BrFNO/c1-8-3-2-4-12(13(8)16)17-9-5-6-10(14)11(15)7-9/h2-7H,16H2,1H3. The van der Waals surface area contributed by atoms with Crippen LogP contribution in [0.25, 0.3) is 0 Å². The summed E-state index contributed by atoms with van der Waals surface area (Å²) in [5.74, 6) is 0.587. The van der Waals surface area contributed by atoms with Gasteiger partial charge < -0.3 is 10.5 Å². The largest absolute Gasteiger partial charge is 0.455 e. The van der Waals surface area contributed by atoms with Crippen LogP contribution in [0.2, 0.25) is 0 Å². The Bertz CT molecular complexity index is 557. The van der Waals surface area contributed by atoms with Crippen LogP contribution in [0.15, 0.2) is 40.9 Å². The zero-order valence-electron chi connectivity index (χ0n) is 9.21. The van der Waals surface area contributed by atoms with Crippen LogP contribution in [0.3, 0.4) is 0 Å². The molecular weight excluding hydrogens is 285 g/mol.